The predicted molar refractivity (Wildman–Crippen MR) is 42.3 cm³/mol. The van der Waals surface area contributed by atoms with E-state index in [2.05, 4.69) is 27.2 Å². The molecule has 0 aromatic heterocycles. The average molecular weight is 227 g/mol. The zero-order valence-electron chi connectivity index (χ0n) is 7.59. The van der Waals surface area contributed by atoms with Crippen LogP contribution in [0.3, 0.4) is 0 Å². The zero-order valence-corrected chi connectivity index (χ0v) is 10.4. The van der Waals surface area contributed by atoms with E-state index in [0.29, 0.717) is 5.41 Å². The van der Waals surface area contributed by atoms with Gasteiger partial charge in [0.05, 0.1) is 0 Å². The summed E-state index contributed by atoms with van der Waals surface area (Å²) in [4.78, 5) is 0. The van der Waals surface area contributed by atoms with Crippen molar-refractivity contribution < 1.29 is 32.7 Å². The fourth-order valence-electron chi connectivity index (χ4n) is 2.93. The molecule has 2 aliphatic carbocycles. The summed E-state index contributed by atoms with van der Waals surface area (Å²) in [5.74, 6) is 1.62. The smallest absolute Gasteiger partial charge is 0 e. The van der Waals surface area contributed by atoms with Gasteiger partial charge in [-0.05, 0) is 11.8 Å². The summed E-state index contributed by atoms with van der Waals surface area (Å²) in [7, 11) is 0. The van der Waals surface area contributed by atoms with Gasteiger partial charge in [-0.1, -0.05) is 26.2 Å². The van der Waals surface area contributed by atoms with E-state index in [1.807, 2.05) is 0 Å². The molecule has 11 heavy (non-hydrogen) atoms. The Morgan fingerprint density at radius 1 is 1.45 bits per heavy atom. The molecule has 4 unspecified atom stereocenters. The molecule has 2 saturated carbocycles. The Bertz CT molecular complexity index is 174. The van der Waals surface area contributed by atoms with Gasteiger partial charge in [-0.25, -0.2) is 0 Å². The third-order valence-electron chi connectivity index (χ3n) is 3.79. The number of hydrogen-bond acceptors (Lipinski definition) is 1. The maximum atomic E-state index is 6.08. The Balaban J connectivity index is 0.000000605. The first-order chi connectivity index (χ1) is 4.48. The summed E-state index contributed by atoms with van der Waals surface area (Å²) in [6, 6.07) is 0. The van der Waals surface area contributed by atoms with Crippen molar-refractivity contribution in [3.63, 3.8) is 0 Å². The van der Waals surface area contributed by atoms with Crippen LogP contribution < -0.4 is 5.73 Å². The number of fused-ring (bicyclic) bond motifs is 1. The standard InChI is InChI=1S/C9H16N.Y/c1-6-7-8(6,2)4-5-9(7,3)10;/h5-7H,4,10H2,1-3H3;/q-1;. The molecule has 0 aliphatic heterocycles. The number of hydrogen-bond donors (Lipinski definition) is 1. The Labute approximate surface area is 94.4 Å². The van der Waals surface area contributed by atoms with Gasteiger partial charge in [0.1, 0.15) is 0 Å². The van der Waals surface area contributed by atoms with Crippen molar-refractivity contribution in [2.75, 3.05) is 0 Å². The van der Waals surface area contributed by atoms with Crippen LogP contribution in [0.2, 0.25) is 0 Å². The number of rotatable bonds is 0. The first-order valence-corrected chi connectivity index (χ1v) is 4.12. The molecule has 2 rings (SSSR count). The van der Waals surface area contributed by atoms with Crippen molar-refractivity contribution >= 4 is 0 Å². The minimum absolute atomic E-state index is 0. The van der Waals surface area contributed by atoms with E-state index in [1.165, 1.54) is 6.42 Å². The van der Waals surface area contributed by atoms with Gasteiger partial charge in [-0.3, -0.25) is 0 Å². The first kappa shape index (κ1) is 10.1. The molecule has 2 N–H and O–H groups in total. The van der Waals surface area contributed by atoms with Crippen LogP contribution in [-0.2, 0) is 32.7 Å². The van der Waals surface area contributed by atoms with Gasteiger partial charge in [0.2, 0.25) is 0 Å². The number of nitrogens with two attached hydrogens (primary N) is 1. The normalized spacial score (nSPS) is 60.0. The molecule has 0 spiro atoms. The summed E-state index contributed by atoms with van der Waals surface area (Å²) in [5.41, 5.74) is 6.69. The van der Waals surface area contributed by atoms with Crippen molar-refractivity contribution in [1.29, 1.82) is 0 Å². The Hall–Kier alpha value is 1.06. The molecule has 0 saturated heterocycles. The van der Waals surface area contributed by atoms with E-state index >= 15 is 0 Å². The van der Waals surface area contributed by atoms with Crippen LogP contribution in [0.15, 0.2) is 0 Å². The molecule has 4 atom stereocenters. The van der Waals surface area contributed by atoms with Crippen molar-refractivity contribution in [3.05, 3.63) is 6.42 Å². The Morgan fingerprint density at radius 2 is 2.00 bits per heavy atom. The maximum absolute atomic E-state index is 6.08. The van der Waals surface area contributed by atoms with Crippen molar-refractivity contribution in [1.82, 2.24) is 0 Å². The van der Waals surface area contributed by atoms with Crippen LogP contribution in [-0.4, -0.2) is 5.54 Å². The van der Waals surface area contributed by atoms with Gasteiger partial charge in [-0.15, -0.1) is 5.54 Å². The van der Waals surface area contributed by atoms with Crippen molar-refractivity contribution in [3.8, 4) is 0 Å². The molecule has 2 heteroatoms. The maximum Gasteiger partial charge on any atom is 0 e. The quantitative estimate of drug-likeness (QED) is 0.625. The van der Waals surface area contributed by atoms with E-state index in [4.69, 9.17) is 5.73 Å². The van der Waals surface area contributed by atoms with Crippen LogP contribution in [0.1, 0.15) is 27.2 Å². The minimum atomic E-state index is 0. The second-order valence-corrected chi connectivity index (χ2v) is 4.55. The van der Waals surface area contributed by atoms with Crippen molar-refractivity contribution in [2.24, 2.45) is 23.0 Å². The van der Waals surface area contributed by atoms with E-state index in [0.717, 1.165) is 11.8 Å². The fraction of sp³-hybridized carbons (Fsp3) is 0.889. The van der Waals surface area contributed by atoms with Crippen LogP contribution in [0.4, 0.5) is 0 Å². The molecule has 2 fully saturated rings. The van der Waals surface area contributed by atoms with Crippen LogP contribution in [0, 0.1) is 23.7 Å². The third kappa shape index (κ3) is 1.15. The first-order valence-electron chi connectivity index (χ1n) is 4.12. The third-order valence-corrected chi connectivity index (χ3v) is 3.79. The fourth-order valence-corrected chi connectivity index (χ4v) is 2.93. The van der Waals surface area contributed by atoms with E-state index < -0.39 is 0 Å². The van der Waals surface area contributed by atoms with Gasteiger partial charge in [0.15, 0.2) is 0 Å². The van der Waals surface area contributed by atoms with E-state index in [1.54, 1.807) is 0 Å². The van der Waals surface area contributed by atoms with E-state index in [9.17, 15) is 0 Å². The minimum Gasteiger partial charge on any atom is -0.354 e. The molecule has 2 aliphatic rings. The summed E-state index contributed by atoms with van der Waals surface area (Å²) >= 11 is 0. The van der Waals surface area contributed by atoms with Crippen LogP contribution in [0.5, 0.6) is 0 Å². The van der Waals surface area contributed by atoms with Crippen LogP contribution >= 0.6 is 0 Å². The molecule has 0 amide bonds. The summed E-state index contributed by atoms with van der Waals surface area (Å²) in [6.07, 6.45) is 3.52. The molecule has 1 radical (unpaired) electrons. The summed E-state index contributed by atoms with van der Waals surface area (Å²) in [6.45, 7) is 6.84. The predicted octanol–water partition coefficient (Wildman–Crippen LogP) is 1.58. The monoisotopic (exact) mass is 227 g/mol. The zero-order chi connectivity index (χ0) is 7.57. The second kappa shape index (κ2) is 2.53. The largest absolute Gasteiger partial charge is 0.354 e. The van der Waals surface area contributed by atoms with Gasteiger partial charge in [-0.2, -0.15) is 6.42 Å². The van der Waals surface area contributed by atoms with Crippen LogP contribution in [0.25, 0.3) is 0 Å². The molecule has 0 heterocycles. The van der Waals surface area contributed by atoms with E-state index in [-0.39, 0.29) is 38.2 Å². The molecular formula is C9H16NY-. The van der Waals surface area contributed by atoms with Gasteiger partial charge >= 0.3 is 0 Å². The van der Waals surface area contributed by atoms with Gasteiger partial charge in [0, 0.05) is 32.7 Å². The SMILES string of the molecule is CC1C2C(C)(N)[CH-]CC12C.[Y]. The molecule has 61 valence electrons. The summed E-state index contributed by atoms with van der Waals surface area (Å²) in [5, 5.41) is 0. The molecule has 0 bridgehead atoms. The molecule has 1 nitrogen and oxygen atoms in total. The Morgan fingerprint density at radius 3 is 2.18 bits per heavy atom. The summed E-state index contributed by atoms with van der Waals surface area (Å²) < 4.78 is 0. The molecular weight excluding hydrogens is 211 g/mol. The average Bonchev–Trinajstić information content (AvgIpc) is 2.22. The Kier molecular flexibility index (Phi) is 2.33. The van der Waals surface area contributed by atoms with Gasteiger partial charge in [0.25, 0.3) is 0 Å². The van der Waals surface area contributed by atoms with Crippen molar-refractivity contribution in [2.45, 2.75) is 32.7 Å². The topological polar surface area (TPSA) is 26.0 Å². The second-order valence-electron chi connectivity index (χ2n) is 4.55. The van der Waals surface area contributed by atoms with Gasteiger partial charge < -0.3 is 12.2 Å². The molecule has 0 aromatic rings. The molecule has 0 aromatic carbocycles.